The smallest absolute Gasteiger partial charge is 0.338 e. The molecule has 0 spiro atoms. The molecule has 0 unspecified atom stereocenters. The zero-order chi connectivity index (χ0) is 21.0. The van der Waals surface area contributed by atoms with Crippen molar-refractivity contribution in [1.29, 1.82) is 0 Å². The van der Waals surface area contributed by atoms with Gasteiger partial charge in [-0.05, 0) is 61.0 Å². The maximum atomic E-state index is 13.0. The minimum atomic E-state index is -3.76. The van der Waals surface area contributed by atoms with Gasteiger partial charge in [0, 0.05) is 7.05 Å². The van der Waals surface area contributed by atoms with Gasteiger partial charge in [0.1, 0.15) is 11.9 Å². The van der Waals surface area contributed by atoms with Gasteiger partial charge in [-0.25, -0.2) is 17.6 Å². The van der Waals surface area contributed by atoms with E-state index >= 15 is 0 Å². The molecule has 1 atom stereocenters. The summed E-state index contributed by atoms with van der Waals surface area (Å²) in [7, 11) is -2.29. The average Bonchev–Trinajstić information content (AvgIpc) is 2.74. The molecule has 3 aromatic carbocycles. The number of carbonyl (C=O) groups is 1. The monoisotopic (exact) mass is 413 g/mol. The van der Waals surface area contributed by atoms with E-state index in [0.29, 0.717) is 11.3 Å². The Kier molecular flexibility index (Phi) is 5.98. The lowest BCUT2D eigenvalue weighted by atomic mass is 10.1. The van der Waals surface area contributed by atoms with Crippen LogP contribution in [0.1, 0.15) is 28.9 Å². The third-order valence-electron chi connectivity index (χ3n) is 4.49. The van der Waals surface area contributed by atoms with Crippen molar-refractivity contribution in [3.8, 4) is 0 Å². The second-order valence-corrected chi connectivity index (χ2v) is 8.40. The summed E-state index contributed by atoms with van der Waals surface area (Å²) < 4.78 is 45.1. The van der Waals surface area contributed by atoms with Crippen molar-refractivity contribution in [3.05, 3.63) is 95.8 Å². The van der Waals surface area contributed by atoms with E-state index in [2.05, 4.69) is 0 Å². The molecule has 0 aliphatic carbocycles. The second kappa shape index (κ2) is 8.45. The molecule has 0 saturated heterocycles. The van der Waals surface area contributed by atoms with E-state index < -0.39 is 22.1 Å². The summed E-state index contributed by atoms with van der Waals surface area (Å²) >= 11 is 0. The zero-order valence-electron chi connectivity index (χ0n) is 15.9. The van der Waals surface area contributed by atoms with Crippen LogP contribution in [0, 0.1) is 5.82 Å². The summed E-state index contributed by atoms with van der Waals surface area (Å²) in [4.78, 5) is 12.4. The average molecular weight is 413 g/mol. The summed E-state index contributed by atoms with van der Waals surface area (Å²) in [6, 6.07) is 19.9. The quantitative estimate of drug-likeness (QED) is 0.556. The maximum Gasteiger partial charge on any atom is 0.338 e. The molecule has 3 rings (SSSR count). The van der Waals surface area contributed by atoms with Crippen LogP contribution in [0.15, 0.2) is 83.8 Å². The third kappa shape index (κ3) is 4.63. The number of ether oxygens (including phenoxy) is 1. The van der Waals surface area contributed by atoms with Gasteiger partial charge in [-0.3, -0.25) is 4.31 Å². The van der Waals surface area contributed by atoms with E-state index in [-0.39, 0.29) is 16.3 Å². The Morgan fingerprint density at radius 3 is 2.10 bits per heavy atom. The number of nitrogens with zero attached hydrogens (tertiary/aromatic N) is 1. The van der Waals surface area contributed by atoms with Crippen molar-refractivity contribution in [3.63, 3.8) is 0 Å². The van der Waals surface area contributed by atoms with Gasteiger partial charge in [0.2, 0.25) is 0 Å². The molecule has 3 aromatic rings. The highest BCUT2D eigenvalue weighted by Gasteiger charge is 2.22. The first-order valence-electron chi connectivity index (χ1n) is 8.89. The minimum Gasteiger partial charge on any atom is -0.454 e. The van der Waals surface area contributed by atoms with E-state index in [1.807, 2.05) is 0 Å². The maximum absolute atomic E-state index is 13.0. The predicted molar refractivity (Wildman–Crippen MR) is 109 cm³/mol. The van der Waals surface area contributed by atoms with Crippen molar-refractivity contribution < 1.29 is 22.3 Å². The number of hydrogen-bond donors (Lipinski definition) is 0. The Balaban J connectivity index is 1.73. The molecule has 7 heteroatoms. The van der Waals surface area contributed by atoms with Crippen LogP contribution < -0.4 is 4.31 Å². The van der Waals surface area contributed by atoms with Gasteiger partial charge in [-0.1, -0.05) is 30.3 Å². The molecule has 0 aromatic heterocycles. The minimum absolute atomic E-state index is 0.0620. The van der Waals surface area contributed by atoms with Crippen LogP contribution >= 0.6 is 0 Å². The standard InChI is InChI=1S/C22H20FNO4S/c1-16(17-8-12-19(23)13-9-17)28-22(25)18-10-14-21(15-11-18)29(26,27)24(2)20-6-4-3-5-7-20/h3-16H,1-2H3/t16-/m0/s1. The third-order valence-corrected chi connectivity index (χ3v) is 6.29. The van der Waals surface area contributed by atoms with Crippen LogP contribution in [0.4, 0.5) is 10.1 Å². The molecule has 0 N–H and O–H groups in total. The number of hydrogen-bond acceptors (Lipinski definition) is 4. The molecule has 5 nitrogen and oxygen atoms in total. The first kappa shape index (κ1) is 20.5. The molecule has 0 bridgehead atoms. The summed E-state index contributed by atoms with van der Waals surface area (Å²) in [6.45, 7) is 1.68. The number of para-hydroxylation sites is 1. The van der Waals surface area contributed by atoms with Crippen LogP contribution in [0.3, 0.4) is 0 Å². The van der Waals surface area contributed by atoms with E-state index in [0.717, 1.165) is 0 Å². The van der Waals surface area contributed by atoms with E-state index in [1.54, 1.807) is 49.4 Å². The fourth-order valence-electron chi connectivity index (χ4n) is 2.73. The summed E-state index contributed by atoms with van der Waals surface area (Å²) in [5.74, 6) is -0.966. The van der Waals surface area contributed by atoms with Crippen LogP contribution in [0.2, 0.25) is 0 Å². The SMILES string of the molecule is C[C@H](OC(=O)c1ccc(S(=O)(=O)N(C)c2ccccc2)cc1)c1ccc(F)cc1. The fraction of sp³-hybridized carbons (Fsp3) is 0.136. The molecule has 150 valence electrons. The number of sulfonamides is 1. The van der Waals surface area contributed by atoms with Crippen molar-refractivity contribution in [2.45, 2.75) is 17.9 Å². The fourth-order valence-corrected chi connectivity index (χ4v) is 3.92. The van der Waals surface area contributed by atoms with Gasteiger partial charge in [0.25, 0.3) is 10.0 Å². The molecule has 0 saturated carbocycles. The number of benzene rings is 3. The first-order chi connectivity index (χ1) is 13.8. The highest BCUT2D eigenvalue weighted by Crippen LogP contribution is 2.23. The lowest BCUT2D eigenvalue weighted by Crippen LogP contribution is -2.26. The van der Waals surface area contributed by atoms with Crippen LogP contribution in [0.5, 0.6) is 0 Å². The summed E-state index contributed by atoms with van der Waals surface area (Å²) in [5.41, 5.74) is 1.41. The molecule has 0 radical (unpaired) electrons. The van der Waals surface area contributed by atoms with Crippen LogP contribution in [-0.2, 0) is 14.8 Å². The van der Waals surface area contributed by atoms with Crippen LogP contribution in [-0.4, -0.2) is 21.4 Å². The van der Waals surface area contributed by atoms with Gasteiger partial charge in [0.15, 0.2) is 0 Å². The van der Waals surface area contributed by atoms with E-state index in [1.165, 1.54) is 47.8 Å². The topological polar surface area (TPSA) is 63.7 Å². The Morgan fingerprint density at radius 1 is 0.931 bits per heavy atom. The van der Waals surface area contributed by atoms with Crippen molar-refractivity contribution in [2.24, 2.45) is 0 Å². The zero-order valence-corrected chi connectivity index (χ0v) is 16.8. The lowest BCUT2D eigenvalue weighted by molar-refractivity contribution is 0.0337. The van der Waals surface area contributed by atoms with Gasteiger partial charge in [-0.15, -0.1) is 0 Å². The molecule has 0 amide bonds. The largest absolute Gasteiger partial charge is 0.454 e. The normalized spacial score (nSPS) is 12.2. The van der Waals surface area contributed by atoms with Gasteiger partial charge < -0.3 is 4.74 Å². The lowest BCUT2D eigenvalue weighted by Gasteiger charge is -2.19. The number of rotatable bonds is 6. The molecule has 0 aliphatic heterocycles. The van der Waals surface area contributed by atoms with Gasteiger partial charge in [-0.2, -0.15) is 0 Å². The number of anilines is 1. The molecule has 0 heterocycles. The van der Waals surface area contributed by atoms with Crippen molar-refractivity contribution >= 4 is 21.7 Å². The summed E-state index contributed by atoms with van der Waals surface area (Å²) in [6.07, 6.45) is -0.573. The first-order valence-corrected chi connectivity index (χ1v) is 10.3. The highest BCUT2D eigenvalue weighted by atomic mass is 32.2. The van der Waals surface area contributed by atoms with Crippen molar-refractivity contribution in [2.75, 3.05) is 11.4 Å². The van der Waals surface area contributed by atoms with Crippen LogP contribution in [0.25, 0.3) is 0 Å². The number of esters is 1. The Morgan fingerprint density at radius 2 is 1.52 bits per heavy atom. The second-order valence-electron chi connectivity index (χ2n) is 6.43. The molecule has 0 aliphatic rings. The predicted octanol–water partition coefficient (Wildman–Crippen LogP) is 4.57. The molecule has 29 heavy (non-hydrogen) atoms. The Labute approximate surface area is 169 Å². The molecular formula is C22H20FNO4S. The van der Waals surface area contributed by atoms with Gasteiger partial charge in [0.05, 0.1) is 16.1 Å². The molecular weight excluding hydrogens is 393 g/mol. The number of carbonyl (C=O) groups excluding carboxylic acids is 1. The highest BCUT2D eigenvalue weighted by molar-refractivity contribution is 7.92. The summed E-state index contributed by atoms with van der Waals surface area (Å²) in [5, 5.41) is 0. The Hall–Kier alpha value is -3.19. The Bertz CT molecular complexity index is 1080. The molecule has 0 fully saturated rings. The number of halogens is 1. The van der Waals surface area contributed by atoms with E-state index in [4.69, 9.17) is 4.74 Å². The van der Waals surface area contributed by atoms with Gasteiger partial charge >= 0.3 is 5.97 Å². The van der Waals surface area contributed by atoms with E-state index in [9.17, 15) is 17.6 Å². The van der Waals surface area contributed by atoms with Crippen molar-refractivity contribution in [1.82, 2.24) is 0 Å².